The fraction of sp³-hybridized carbons (Fsp3) is 0.462. The maximum absolute atomic E-state index is 11.7. The van der Waals surface area contributed by atoms with Crippen LogP contribution in [0.5, 0.6) is 0 Å². The van der Waals surface area contributed by atoms with Crippen LogP contribution in [0.25, 0.3) is 0 Å². The van der Waals surface area contributed by atoms with Gasteiger partial charge in [0.15, 0.2) is 0 Å². The average molecular weight is 265 g/mol. The summed E-state index contributed by atoms with van der Waals surface area (Å²) in [6.45, 7) is 3.83. The number of anilines is 1. The Balaban J connectivity index is 2.55. The predicted octanol–water partition coefficient (Wildman–Crippen LogP) is 2.15. The van der Waals surface area contributed by atoms with Gasteiger partial charge in [-0.05, 0) is 25.0 Å². The Hall–Kier alpha value is -2.11. The minimum absolute atomic E-state index is 0.422. The Labute approximate surface area is 112 Å². The summed E-state index contributed by atoms with van der Waals surface area (Å²) < 4.78 is 0. The highest BCUT2D eigenvalue weighted by Gasteiger charge is 2.19. The third kappa shape index (κ3) is 5.37. The Morgan fingerprint density at radius 2 is 2.16 bits per heavy atom. The zero-order chi connectivity index (χ0) is 14.3. The number of carboxylic acids is 1. The number of aliphatic carboxylic acids is 1. The summed E-state index contributed by atoms with van der Waals surface area (Å²) in [5, 5.41) is 14.0. The van der Waals surface area contributed by atoms with Gasteiger partial charge in [0, 0.05) is 6.20 Å². The van der Waals surface area contributed by atoms with Crippen LogP contribution in [0.15, 0.2) is 18.5 Å². The van der Waals surface area contributed by atoms with Crippen LogP contribution in [0, 0.1) is 6.92 Å². The van der Waals surface area contributed by atoms with E-state index >= 15 is 0 Å². The topological polar surface area (TPSA) is 91.3 Å². The van der Waals surface area contributed by atoms with Crippen LogP contribution in [-0.2, 0) is 4.79 Å². The Morgan fingerprint density at radius 1 is 1.42 bits per heavy atom. The van der Waals surface area contributed by atoms with Crippen molar-refractivity contribution in [2.45, 2.75) is 39.2 Å². The molecule has 0 aromatic carbocycles. The number of aromatic nitrogens is 1. The molecule has 0 spiro atoms. The van der Waals surface area contributed by atoms with E-state index in [2.05, 4.69) is 15.6 Å². The van der Waals surface area contributed by atoms with Crippen LogP contribution >= 0.6 is 0 Å². The van der Waals surface area contributed by atoms with Crippen molar-refractivity contribution in [3.63, 3.8) is 0 Å². The summed E-state index contributed by atoms with van der Waals surface area (Å²) in [5.41, 5.74) is 1.45. The normalized spacial score (nSPS) is 11.7. The van der Waals surface area contributed by atoms with Gasteiger partial charge >= 0.3 is 12.0 Å². The molecule has 0 fully saturated rings. The molecule has 1 atom stereocenters. The van der Waals surface area contributed by atoms with E-state index in [-0.39, 0.29) is 0 Å². The zero-order valence-electron chi connectivity index (χ0n) is 11.1. The number of nitrogens with zero attached hydrogens (tertiary/aromatic N) is 1. The van der Waals surface area contributed by atoms with Crippen LogP contribution in [0.4, 0.5) is 10.5 Å². The van der Waals surface area contributed by atoms with Crippen molar-refractivity contribution >= 4 is 17.7 Å². The van der Waals surface area contributed by atoms with E-state index in [0.717, 1.165) is 18.4 Å². The third-order valence-corrected chi connectivity index (χ3v) is 2.58. The lowest BCUT2D eigenvalue weighted by Crippen LogP contribution is -2.42. The van der Waals surface area contributed by atoms with E-state index in [1.165, 1.54) is 6.20 Å². The molecule has 6 nitrogen and oxygen atoms in total. The second kappa shape index (κ2) is 7.35. The lowest BCUT2D eigenvalue weighted by Gasteiger charge is -2.14. The van der Waals surface area contributed by atoms with Gasteiger partial charge in [0.1, 0.15) is 6.04 Å². The number of amides is 2. The molecular weight excluding hydrogens is 246 g/mol. The molecule has 2 amide bonds. The fourth-order valence-electron chi connectivity index (χ4n) is 1.61. The van der Waals surface area contributed by atoms with E-state index in [1.807, 2.05) is 13.8 Å². The van der Waals surface area contributed by atoms with Crippen molar-refractivity contribution in [1.82, 2.24) is 10.3 Å². The Bertz CT molecular complexity index is 449. The summed E-state index contributed by atoms with van der Waals surface area (Å²) in [5.74, 6) is -1.02. The molecule has 0 aliphatic rings. The summed E-state index contributed by atoms with van der Waals surface area (Å²) in [6, 6.07) is 0.364. The number of nitrogens with one attached hydrogen (secondary N) is 2. The lowest BCUT2D eigenvalue weighted by molar-refractivity contribution is -0.139. The van der Waals surface area contributed by atoms with E-state index in [0.29, 0.717) is 12.1 Å². The second-order valence-electron chi connectivity index (χ2n) is 4.38. The lowest BCUT2D eigenvalue weighted by atomic mass is 10.1. The number of carbonyl (C=O) groups is 2. The maximum atomic E-state index is 11.7. The molecule has 19 heavy (non-hydrogen) atoms. The van der Waals surface area contributed by atoms with Crippen LogP contribution in [-0.4, -0.2) is 28.1 Å². The van der Waals surface area contributed by atoms with Gasteiger partial charge < -0.3 is 15.7 Å². The van der Waals surface area contributed by atoms with Crippen molar-refractivity contribution in [2.24, 2.45) is 0 Å². The molecule has 6 heteroatoms. The highest BCUT2D eigenvalue weighted by atomic mass is 16.4. The van der Waals surface area contributed by atoms with Gasteiger partial charge in [0.05, 0.1) is 11.9 Å². The Kier molecular flexibility index (Phi) is 5.78. The van der Waals surface area contributed by atoms with Crippen LogP contribution in [0.2, 0.25) is 0 Å². The second-order valence-corrected chi connectivity index (χ2v) is 4.38. The average Bonchev–Trinajstić information content (AvgIpc) is 2.34. The molecule has 0 radical (unpaired) electrons. The number of pyridine rings is 1. The number of hydrogen-bond donors (Lipinski definition) is 3. The first-order chi connectivity index (χ1) is 9.02. The van der Waals surface area contributed by atoms with E-state index in [4.69, 9.17) is 5.11 Å². The summed E-state index contributed by atoms with van der Waals surface area (Å²) in [6.07, 6.45) is 5.24. The molecule has 1 aromatic rings. The molecule has 1 rings (SSSR count). The van der Waals surface area contributed by atoms with Gasteiger partial charge in [-0.15, -0.1) is 0 Å². The minimum Gasteiger partial charge on any atom is -0.480 e. The highest BCUT2D eigenvalue weighted by molar-refractivity contribution is 5.92. The molecular formula is C13H19N3O3. The van der Waals surface area contributed by atoms with Crippen LogP contribution in [0.1, 0.15) is 31.7 Å². The largest absolute Gasteiger partial charge is 0.480 e. The molecule has 104 valence electrons. The number of carboxylic acid groups (broad SMARTS) is 1. The maximum Gasteiger partial charge on any atom is 0.326 e. The van der Waals surface area contributed by atoms with Gasteiger partial charge in [0.25, 0.3) is 0 Å². The standard InChI is InChI=1S/C13H19N3O3/c1-3-4-5-11(12(17)18)16-13(19)15-10-6-9(2)7-14-8-10/h6-8,11H,3-5H2,1-2H3,(H,17,18)(H2,15,16,19)/t11-/m0/s1. The minimum atomic E-state index is -1.02. The van der Waals surface area contributed by atoms with Crippen molar-refractivity contribution in [2.75, 3.05) is 5.32 Å². The van der Waals surface area contributed by atoms with E-state index in [1.54, 1.807) is 12.3 Å². The first-order valence-corrected chi connectivity index (χ1v) is 6.25. The zero-order valence-corrected chi connectivity index (χ0v) is 11.1. The predicted molar refractivity (Wildman–Crippen MR) is 72.1 cm³/mol. The molecule has 0 unspecified atom stereocenters. The summed E-state index contributed by atoms with van der Waals surface area (Å²) in [7, 11) is 0. The molecule has 3 N–H and O–H groups in total. The first kappa shape index (κ1) is 14.9. The first-order valence-electron chi connectivity index (χ1n) is 6.25. The molecule has 0 bridgehead atoms. The molecule has 0 saturated carbocycles. The third-order valence-electron chi connectivity index (χ3n) is 2.58. The number of aryl methyl sites for hydroxylation is 1. The molecule has 0 saturated heterocycles. The quantitative estimate of drug-likeness (QED) is 0.735. The SMILES string of the molecule is CCCC[C@H](NC(=O)Nc1cncc(C)c1)C(=O)O. The highest BCUT2D eigenvalue weighted by Crippen LogP contribution is 2.07. The molecule has 1 aromatic heterocycles. The van der Waals surface area contributed by atoms with Gasteiger partial charge in [-0.2, -0.15) is 0 Å². The van der Waals surface area contributed by atoms with Gasteiger partial charge in [-0.25, -0.2) is 9.59 Å². The monoisotopic (exact) mass is 265 g/mol. The van der Waals surface area contributed by atoms with Crippen molar-refractivity contribution in [3.05, 3.63) is 24.0 Å². The molecule has 1 heterocycles. The van der Waals surface area contributed by atoms with Crippen molar-refractivity contribution < 1.29 is 14.7 Å². The number of unbranched alkanes of at least 4 members (excludes halogenated alkanes) is 1. The summed E-state index contributed by atoms with van der Waals surface area (Å²) in [4.78, 5) is 26.6. The molecule has 0 aliphatic carbocycles. The fourth-order valence-corrected chi connectivity index (χ4v) is 1.61. The number of carbonyl (C=O) groups excluding carboxylic acids is 1. The Morgan fingerprint density at radius 3 is 2.74 bits per heavy atom. The number of urea groups is 1. The van der Waals surface area contributed by atoms with E-state index in [9.17, 15) is 9.59 Å². The van der Waals surface area contributed by atoms with Crippen LogP contribution < -0.4 is 10.6 Å². The van der Waals surface area contributed by atoms with Gasteiger partial charge in [0.2, 0.25) is 0 Å². The number of hydrogen-bond acceptors (Lipinski definition) is 3. The van der Waals surface area contributed by atoms with Gasteiger partial charge in [-0.3, -0.25) is 4.98 Å². The van der Waals surface area contributed by atoms with Gasteiger partial charge in [-0.1, -0.05) is 19.8 Å². The molecule has 0 aliphatic heterocycles. The van der Waals surface area contributed by atoms with Crippen LogP contribution in [0.3, 0.4) is 0 Å². The van der Waals surface area contributed by atoms with E-state index < -0.39 is 18.0 Å². The van der Waals surface area contributed by atoms with Crippen molar-refractivity contribution in [1.29, 1.82) is 0 Å². The smallest absolute Gasteiger partial charge is 0.326 e. The summed E-state index contributed by atoms with van der Waals surface area (Å²) >= 11 is 0. The number of rotatable bonds is 6. The van der Waals surface area contributed by atoms with Crippen molar-refractivity contribution in [3.8, 4) is 0 Å².